The van der Waals surface area contributed by atoms with Crippen LogP contribution in [-0.2, 0) is 6.54 Å². The molecule has 1 saturated heterocycles. The number of aryl methyl sites for hydroxylation is 1. The summed E-state index contributed by atoms with van der Waals surface area (Å²) >= 11 is 0. The molecule has 4 nitrogen and oxygen atoms in total. The SMILES string of the molecule is CCn1ccnc1C(=O)C1(C)CCCNC1. The van der Waals surface area contributed by atoms with Gasteiger partial charge in [0.15, 0.2) is 5.82 Å². The first-order chi connectivity index (χ1) is 7.67. The van der Waals surface area contributed by atoms with Gasteiger partial charge < -0.3 is 9.88 Å². The summed E-state index contributed by atoms with van der Waals surface area (Å²) in [6, 6.07) is 0. The Kier molecular flexibility index (Phi) is 3.10. The highest BCUT2D eigenvalue weighted by Gasteiger charge is 2.37. The van der Waals surface area contributed by atoms with Crippen LogP contribution in [0.25, 0.3) is 0 Å². The molecular weight excluding hydrogens is 202 g/mol. The second-order valence-electron chi connectivity index (χ2n) is 4.71. The summed E-state index contributed by atoms with van der Waals surface area (Å²) in [6.45, 7) is 6.65. The van der Waals surface area contributed by atoms with Gasteiger partial charge in [-0.2, -0.15) is 0 Å². The van der Waals surface area contributed by atoms with E-state index in [0.717, 1.165) is 32.5 Å². The Labute approximate surface area is 96.1 Å². The Bertz CT molecular complexity index is 377. The summed E-state index contributed by atoms with van der Waals surface area (Å²) in [6.07, 6.45) is 5.59. The van der Waals surface area contributed by atoms with Crippen LogP contribution in [-0.4, -0.2) is 28.4 Å². The number of hydrogen-bond acceptors (Lipinski definition) is 3. The van der Waals surface area contributed by atoms with E-state index in [1.165, 1.54) is 0 Å². The minimum absolute atomic E-state index is 0.173. The lowest BCUT2D eigenvalue weighted by Gasteiger charge is -2.32. The minimum atomic E-state index is -0.281. The highest BCUT2D eigenvalue weighted by Crippen LogP contribution is 2.29. The highest BCUT2D eigenvalue weighted by atomic mass is 16.1. The van der Waals surface area contributed by atoms with Crippen molar-refractivity contribution in [2.75, 3.05) is 13.1 Å². The molecule has 0 aromatic carbocycles. The van der Waals surface area contributed by atoms with Gasteiger partial charge in [-0.1, -0.05) is 6.92 Å². The first kappa shape index (κ1) is 11.3. The first-order valence-electron chi connectivity index (χ1n) is 5.94. The van der Waals surface area contributed by atoms with Crippen LogP contribution < -0.4 is 5.32 Å². The van der Waals surface area contributed by atoms with E-state index in [2.05, 4.69) is 10.3 Å². The molecule has 4 heteroatoms. The van der Waals surface area contributed by atoms with Crippen molar-refractivity contribution in [1.29, 1.82) is 0 Å². The molecule has 0 aliphatic carbocycles. The Morgan fingerprint density at radius 2 is 2.50 bits per heavy atom. The van der Waals surface area contributed by atoms with E-state index in [1.807, 2.05) is 24.6 Å². The van der Waals surface area contributed by atoms with E-state index in [4.69, 9.17) is 0 Å². The van der Waals surface area contributed by atoms with Crippen molar-refractivity contribution < 1.29 is 4.79 Å². The second-order valence-corrected chi connectivity index (χ2v) is 4.71. The third kappa shape index (κ3) is 1.89. The molecule has 0 radical (unpaired) electrons. The van der Waals surface area contributed by atoms with E-state index < -0.39 is 0 Å². The number of aromatic nitrogens is 2. The van der Waals surface area contributed by atoms with E-state index in [9.17, 15) is 4.79 Å². The molecule has 88 valence electrons. The molecule has 0 bridgehead atoms. The summed E-state index contributed by atoms with van der Waals surface area (Å²) < 4.78 is 1.92. The fourth-order valence-corrected chi connectivity index (χ4v) is 2.29. The molecule has 0 saturated carbocycles. The predicted octanol–water partition coefficient (Wildman–Crippen LogP) is 1.48. The zero-order chi connectivity index (χ0) is 11.6. The van der Waals surface area contributed by atoms with Gasteiger partial charge >= 0.3 is 0 Å². The van der Waals surface area contributed by atoms with Crippen molar-refractivity contribution in [3.05, 3.63) is 18.2 Å². The molecule has 0 spiro atoms. The van der Waals surface area contributed by atoms with Gasteiger partial charge in [0.25, 0.3) is 0 Å². The maximum atomic E-state index is 12.4. The van der Waals surface area contributed by atoms with Crippen LogP contribution >= 0.6 is 0 Å². The lowest BCUT2D eigenvalue weighted by Crippen LogP contribution is -2.44. The fourth-order valence-electron chi connectivity index (χ4n) is 2.29. The Hall–Kier alpha value is -1.16. The second kappa shape index (κ2) is 4.37. The molecular formula is C12H19N3O. The topological polar surface area (TPSA) is 46.9 Å². The summed E-state index contributed by atoms with van der Waals surface area (Å²) in [5, 5.41) is 3.30. The standard InChI is InChI=1S/C12H19N3O/c1-3-15-8-7-14-11(15)10(16)12(2)5-4-6-13-9-12/h7-8,13H,3-6,9H2,1-2H3. The third-order valence-corrected chi connectivity index (χ3v) is 3.40. The zero-order valence-electron chi connectivity index (χ0n) is 9.99. The monoisotopic (exact) mass is 221 g/mol. The smallest absolute Gasteiger partial charge is 0.205 e. The molecule has 16 heavy (non-hydrogen) atoms. The average molecular weight is 221 g/mol. The Balaban J connectivity index is 2.24. The molecule has 1 unspecified atom stereocenters. The lowest BCUT2D eigenvalue weighted by atomic mass is 9.78. The van der Waals surface area contributed by atoms with Crippen molar-refractivity contribution in [3.63, 3.8) is 0 Å². The predicted molar refractivity (Wildman–Crippen MR) is 62.4 cm³/mol. The summed E-state index contributed by atoms with van der Waals surface area (Å²) in [5.74, 6) is 0.778. The largest absolute Gasteiger partial charge is 0.329 e. The number of nitrogens with zero attached hydrogens (tertiary/aromatic N) is 2. The van der Waals surface area contributed by atoms with E-state index in [-0.39, 0.29) is 11.2 Å². The maximum absolute atomic E-state index is 12.4. The first-order valence-corrected chi connectivity index (χ1v) is 5.94. The molecule has 1 atom stereocenters. The van der Waals surface area contributed by atoms with Crippen molar-refractivity contribution in [1.82, 2.24) is 14.9 Å². The lowest BCUT2D eigenvalue weighted by molar-refractivity contribution is 0.0756. The number of carbonyl (C=O) groups is 1. The molecule has 1 N–H and O–H groups in total. The zero-order valence-corrected chi connectivity index (χ0v) is 9.99. The number of imidazole rings is 1. The van der Waals surface area contributed by atoms with Gasteiger partial charge in [-0.05, 0) is 26.3 Å². The van der Waals surface area contributed by atoms with Crippen molar-refractivity contribution >= 4 is 5.78 Å². The van der Waals surface area contributed by atoms with Gasteiger partial charge in [0, 0.05) is 30.9 Å². The number of carbonyl (C=O) groups excluding carboxylic acids is 1. The molecule has 1 aliphatic rings. The summed E-state index contributed by atoms with van der Waals surface area (Å²) in [5.41, 5.74) is -0.281. The molecule has 1 aromatic rings. The fraction of sp³-hybridized carbons (Fsp3) is 0.667. The number of rotatable bonds is 3. The third-order valence-electron chi connectivity index (χ3n) is 3.40. The van der Waals surface area contributed by atoms with Crippen LogP contribution in [0.4, 0.5) is 0 Å². The minimum Gasteiger partial charge on any atom is -0.329 e. The van der Waals surface area contributed by atoms with E-state index >= 15 is 0 Å². The maximum Gasteiger partial charge on any atom is 0.205 e. The average Bonchev–Trinajstić information content (AvgIpc) is 2.77. The van der Waals surface area contributed by atoms with Gasteiger partial charge in [0.2, 0.25) is 5.78 Å². The van der Waals surface area contributed by atoms with Gasteiger partial charge in [0.05, 0.1) is 0 Å². The Morgan fingerprint density at radius 3 is 3.12 bits per heavy atom. The van der Waals surface area contributed by atoms with Crippen LogP contribution in [0.1, 0.15) is 37.3 Å². The molecule has 1 fully saturated rings. The number of Topliss-reactive ketones (excluding diaryl/α,β-unsaturated/α-hetero) is 1. The Morgan fingerprint density at radius 1 is 1.69 bits per heavy atom. The molecule has 1 aromatic heterocycles. The number of piperidine rings is 1. The summed E-state index contributed by atoms with van der Waals surface area (Å²) in [7, 11) is 0. The molecule has 2 heterocycles. The van der Waals surface area contributed by atoms with Crippen LogP contribution in [0.15, 0.2) is 12.4 Å². The van der Waals surface area contributed by atoms with Crippen molar-refractivity contribution in [2.24, 2.45) is 5.41 Å². The van der Waals surface area contributed by atoms with Gasteiger partial charge in [0.1, 0.15) is 0 Å². The molecule has 0 amide bonds. The van der Waals surface area contributed by atoms with Gasteiger partial charge in [-0.3, -0.25) is 4.79 Å². The summed E-state index contributed by atoms with van der Waals surface area (Å²) in [4.78, 5) is 16.6. The van der Waals surface area contributed by atoms with E-state index in [0.29, 0.717) is 5.82 Å². The van der Waals surface area contributed by atoms with Crippen molar-refractivity contribution in [3.8, 4) is 0 Å². The molecule has 1 aliphatic heterocycles. The van der Waals surface area contributed by atoms with Crippen LogP contribution in [0.5, 0.6) is 0 Å². The number of nitrogens with one attached hydrogen (secondary N) is 1. The quantitative estimate of drug-likeness (QED) is 0.786. The molecule has 2 rings (SSSR count). The number of ketones is 1. The van der Waals surface area contributed by atoms with Crippen LogP contribution in [0.2, 0.25) is 0 Å². The van der Waals surface area contributed by atoms with Crippen LogP contribution in [0.3, 0.4) is 0 Å². The van der Waals surface area contributed by atoms with Gasteiger partial charge in [-0.15, -0.1) is 0 Å². The van der Waals surface area contributed by atoms with Crippen LogP contribution in [0, 0.1) is 5.41 Å². The van der Waals surface area contributed by atoms with Gasteiger partial charge in [-0.25, -0.2) is 4.98 Å². The normalized spacial score (nSPS) is 25.6. The van der Waals surface area contributed by atoms with E-state index in [1.54, 1.807) is 6.20 Å². The highest BCUT2D eigenvalue weighted by molar-refractivity contribution is 5.97. The van der Waals surface area contributed by atoms with Crippen molar-refractivity contribution in [2.45, 2.75) is 33.2 Å². The number of hydrogen-bond donors (Lipinski definition) is 1.